The fourth-order valence-electron chi connectivity index (χ4n) is 2.45. The van der Waals surface area contributed by atoms with Gasteiger partial charge in [-0.1, -0.05) is 25.5 Å². The quantitative estimate of drug-likeness (QED) is 0.846. The summed E-state index contributed by atoms with van der Waals surface area (Å²) in [7, 11) is 0. The van der Waals surface area contributed by atoms with Crippen LogP contribution in [0.2, 0.25) is 0 Å². The highest BCUT2D eigenvalue weighted by atomic mass is 16.3. The van der Waals surface area contributed by atoms with Crippen LogP contribution in [0.25, 0.3) is 0 Å². The van der Waals surface area contributed by atoms with Crippen molar-refractivity contribution in [1.29, 1.82) is 0 Å². The molecule has 104 valence electrons. The van der Waals surface area contributed by atoms with Crippen LogP contribution in [-0.4, -0.2) is 16.9 Å². The first-order valence-corrected chi connectivity index (χ1v) is 7.02. The van der Waals surface area contributed by atoms with Gasteiger partial charge in [0.2, 0.25) is 0 Å². The summed E-state index contributed by atoms with van der Waals surface area (Å²) in [6, 6.07) is 0.0736. The molecule has 1 aliphatic rings. The van der Waals surface area contributed by atoms with E-state index in [1.165, 1.54) is 24.8 Å². The van der Waals surface area contributed by atoms with E-state index in [-0.39, 0.29) is 17.9 Å². The summed E-state index contributed by atoms with van der Waals surface area (Å²) < 4.78 is 5.29. The van der Waals surface area contributed by atoms with E-state index in [0.717, 1.165) is 12.8 Å². The number of amides is 1. The van der Waals surface area contributed by atoms with Gasteiger partial charge in [-0.25, -0.2) is 4.98 Å². The number of nitrogens with one attached hydrogen (secondary N) is 1. The van der Waals surface area contributed by atoms with Gasteiger partial charge in [-0.2, -0.15) is 0 Å². The van der Waals surface area contributed by atoms with Crippen molar-refractivity contribution < 1.29 is 9.21 Å². The van der Waals surface area contributed by atoms with E-state index < -0.39 is 0 Å². The molecule has 0 saturated carbocycles. The summed E-state index contributed by atoms with van der Waals surface area (Å²) in [6.45, 7) is 6.01. The third kappa shape index (κ3) is 3.25. The first-order chi connectivity index (χ1) is 9.09. The molecule has 4 heteroatoms. The van der Waals surface area contributed by atoms with Crippen molar-refractivity contribution >= 4 is 5.91 Å². The van der Waals surface area contributed by atoms with Crippen molar-refractivity contribution in [1.82, 2.24) is 10.3 Å². The van der Waals surface area contributed by atoms with Crippen LogP contribution in [0.15, 0.2) is 22.5 Å². The van der Waals surface area contributed by atoms with E-state index in [4.69, 9.17) is 4.42 Å². The lowest BCUT2D eigenvalue weighted by molar-refractivity contribution is 0.0937. The first kappa shape index (κ1) is 13.8. The van der Waals surface area contributed by atoms with Crippen LogP contribution in [0, 0.1) is 0 Å². The van der Waals surface area contributed by atoms with E-state index in [2.05, 4.69) is 16.4 Å². The largest absolute Gasteiger partial charge is 0.447 e. The zero-order valence-electron chi connectivity index (χ0n) is 11.9. The number of allylic oxidation sites excluding steroid dienone is 1. The normalized spacial score (nSPS) is 17.2. The number of hydrogen-bond donors (Lipinski definition) is 1. The van der Waals surface area contributed by atoms with Crippen molar-refractivity contribution in [2.75, 3.05) is 0 Å². The number of nitrogens with zero attached hydrogens (tertiary/aromatic N) is 1. The predicted molar refractivity (Wildman–Crippen MR) is 74.1 cm³/mol. The van der Waals surface area contributed by atoms with Gasteiger partial charge in [-0.3, -0.25) is 4.79 Å². The average Bonchev–Trinajstić information content (AvgIpc) is 2.89. The second-order valence-electron chi connectivity index (χ2n) is 5.44. The molecule has 0 bridgehead atoms. The van der Waals surface area contributed by atoms with E-state index in [1.807, 2.05) is 20.8 Å². The second kappa shape index (κ2) is 6.04. The molecule has 0 aliphatic heterocycles. The Bertz CT molecular complexity index is 474. The number of rotatable bonds is 4. The van der Waals surface area contributed by atoms with Crippen molar-refractivity contribution in [2.24, 2.45) is 0 Å². The van der Waals surface area contributed by atoms with E-state index in [1.54, 1.807) is 0 Å². The second-order valence-corrected chi connectivity index (χ2v) is 5.44. The van der Waals surface area contributed by atoms with Crippen LogP contribution in [0.4, 0.5) is 0 Å². The Hall–Kier alpha value is -1.58. The summed E-state index contributed by atoms with van der Waals surface area (Å²) in [5.74, 6) is 0.672. The van der Waals surface area contributed by atoms with Crippen molar-refractivity contribution in [2.45, 2.75) is 58.4 Å². The Kier molecular flexibility index (Phi) is 4.40. The number of carbonyl (C=O) groups excluding carboxylic acids is 1. The standard InChI is InChI=1S/C15H22N2O2/c1-10(2)14-13(16-9-19-14)15(18)17-11(3)12-7-5-4-6-8-12/h7,9-11H,4-6,8H2,1-3H3,(H,17,18)/t11-/m1/s1. The van der Waals surface area contributed by atoms with E-state index in [0.29, 0.717) is 11.5 Å². The molecule has 1 aromatic heterocycles. The minimum absolute atomic E-state index is 0.0736. The van der Waals surface area contributed by atoms with Gasteiger partial charge in [0.25, 0.3) is 5.91 Å². The van der Waals surface area contributed by atoms with Crippen LogP contribution in [0.1, 0.15) is 68.6 Å². The SMILES string of the molecule is CC(C)c1ocnc1C(=O)N[C@H](C)C1=CCCCC1. The first-order valence-electron chi connectivity index (χ1n) is 7.02. The Morgan fingerprint density at radius 2 is 2.16 bits per heavy atom. The third-order valence-electron chi connectivity index (χ3n) is 3.56. The van der Waals surface area contributed by atoms with Gasteiger partial charge in [-0.05, 0) is 32.6 Å². The Balaban J connectivity index is 2.04. The van der Waals surface area contributed by atoms with Crippen LogP contribution < -0.4 is 5.32 Å². The molecule has 0 radical (unpaired) electrons. The van der Waals surface area contributed by atoms with Gasteiger partial charge in [0, 0.05) is 12.0 Å². The van der Waals surface area contributed by atoms with E-state index >= 15 is 0 Å². The third-order valence-corrected chi connectivity index (χ3v) is 3.56. The molecule has 0 aromatic carbocycles. The summed E-state index contributed by atoms with van der Waals surface area (Å²) in [5.41, 5.74) is 1.74. The zero-order chi connectivity index (χ0) is 13.8. The minimum atomic E-state index is -0.142. The highest BCUT2D eigenvalue weighted by Crippen LogP contribution is 2.21. The van der Waals surface area contributed by atoms with Gasteiger partial charge in [-0.15, -0.1) is 0 Å². The Labute approximate surface area is 114 Å². The molecule has 4 nitrogen and oxygen atoms in total. The maximum absolute atomic E-state index is 12.2. The van der Waals surface area contributed by atoms with Gasteiger partial charge < -0.3 is 9.73 Å². The Morgan fingerprint density at radius 1 is 1.37 bits per heavy atom. The van der Waals surface area contributed by atoms with E-state index in [9.17, 15) is 4.79 Å². The average molecular weight is 262 g/mol. The maximum Gasteiger partial charge on any atom is 0.274 e. The van der Waals surface area contributed by atoms with Crippen LogP contribution in [0.3, 0.4) is 0 Å². The lowest BCUT2D eigenvalue weighted by Crippen LogP contribution is -2.35. The number of aromatic nitrogens is 1. The molecule has 0 fully saturated rings. The molecule has 1 amide bonds. The molecule has 1 N–H and O–H groups in total. The lowest BCUT2D eigenvalue weighted by Gasteiger charge is -2.20. The summed E-state index contributed by atoms with van der Waals surface area (Å²) in [4.78, 5) is 16.3. The smallest absolute Gasteiger partial charge is 0.274 e. The Morgan fingerprint density at radius 3 is 2.79 bits per heavy atom. The fraction of sp³-hybridized carbons (Fsp3) is 0.600. The highest BCUT2D eigenvalue weighted by Gasteiger charge is 2.21. The van der Waals surface area contributed by atoms with Crippen LogP contribution in [-0.2, 0) is 0 Å². The maximum atomic E-state index is 12.2. The van der Waals surface area contributed by atoms with Gasteiger partial charge >= 0.3 is 0 Å². The molecule has 0 saturated heterocycles. The topological polar surface area (TPSA) is 55.1 Å². The van der Waals surface area contributed by atoms with Gasteiger partial charge in [0.15, 0.2) is 12.1 Å². The van der Waals surface area contributed by atoms with Crippen LogP contribution >= 0.6 is 0 Å². The molecule has 0 unspecified atom stereocenters. The fourth-order valence-corrected chi connectivity index (χ4v) is 2.45. The molecular formula is C15H22N2O2. The molecule has 0 spiro atoms. The number of carbonyl (C=O) groups is 1. The highest BCUT2D eigenvalue weighted by molar-refractivity contribution is 5.93. The molecule has 1 aliphatic carbocycles. The predicted octanol–water partition coefficient (Wildman–Crippen LogP) is 3.42. The molecular weight excluding hydrogens is 240 g/mol. The summed E-state index contributed by atoms with van der Waals surface area (Å²) in [5, 5.41) is 3.02. The van der Waals surface area contributed by atoms with Gasteiger partial charge in [0.05, 0.1) is 0 Å². The minimum Gasteiger partial charge on any atom is -0.447 e. The van der Waals surface area contributed by atoms with Gasteiger partial charge in [0.1, 0.15) is 5.76 Å². The zero-order valence-corrected chi connectivity index (χ0v) is 11.9. The molecule has 1 heterocycles. The van der Waals surface area contributed by atoms with Crippen molar-refractivity contribution in [3.8, 4) is 0 Å². The lowest BCUT2D eigenvalue weighted by atomic mass is 9.94. The molecule has 2 rings (SSSR count). The summed E-state index contributed by atoms with van der Waals surface area (Å²) in [6.07, 6.45) is 8.27. The van der Waals surface area contributed by atoms with Crippen LogP contribution in [0.5, 0.6) is 0 Å². The molecule has 1 aromatic rings. The monoisotopic (exact) mass is 262 g/mol. The molecule has 19 heavy (non-hydrogen) atoms. The van der Waals surface area contributed by atoms with Crippen molar-refractivity contribution in [3.63, 3.8) is 0 Å². The number of oxazole rings is 1. The summed E-state index contributed by atoms with van der Waals surface area (Å²) >= 11 is 0. The molecule has 1 atom stereocenters. The number of hydrogen-bond acceptors (Lipinski definition) is 3. The van der Waals surface area contributed by atoms with Crippen molar-refractivity contribution in [3.05, 3.63) is 29.5 Å².